The Bertz CT molecular complexity index is 1020. The lowest BCUT2D eigenvalue weighted by Crippen LogP contribution is -2.38. The molecular weight excluding hydrogens is 352 g/mol. The fourth-order valence-electron chi connectivity index (χ4n) is 2.52. The largest absolute Gasteiger partial charge is 0.343 e. The highest BCUT2D eigenvalue weighted by Gasteiger charge is 2.14. The summed E-state index contributed by atoms with van der Waals surface area (Å²) in [5.74, 6) is -0.168. The van der Waals surface area contributed by atoms with Gasteiger partial charge in [0.05, 0.1) is 18.6 Å². The first-order valence-corrected chi connectivity index (χ1v) is 8.88. The zero-order valence-corrected chi connectivity index (χ0v) is 15.2. The lowest BCUT2D eigenvalue weighted by atomic mass is 10.1. The van der Waals surface area contributed by atoms with Gasteiger partial charge in [-0.05, 0) is 30.0 Å². The van der Waals surface area contributed by atoms with E-state index in [2.05, 4.69) is 15.3 Å². The maximum Gasteiger partial charge on any atom is 0.268 e. The summed E-state index contributed by atoms with van der Waals surface area (Å²) in [6.45, 7) is 1.86. The number of amides is 2. The topological polar surface area (TPSA) is 95.2 Å². The van der Waals surface area contributed by atoms with Gasteiger partial charge < -0.3 is 15.2 Å². The Morgan fingerprint density at radius 1 is 1.27 bits per heavy atom. The number of H-pyrrole nitrogens is 1. The lowest BCUT2D eigenvalue weighted by Gasteiger charge is -2.17. The van der Waals surface area contributed by atoms with Gasteiger partial charge in [-0.15, -0.1) is 11.3 Å². The molecule has 0 aliphatic carbocycles. The zero-order chi connectivity index (χ0) is 18.7. The molecule has 2 N–H and O–H groups in total. The van der Waals surface area contributed by atoms with Crippen molar-refractivity contribution in [2.75, 3.05) is 13.6 Å². The van der Waals surface area contributed by atoms with Crippen LogP contribution in [0.3, 0.4) is 0 Å². The number of hydrogen-bond donors (Lipinski definition) is 2. The third-order valence-electron chi connectivity index (χ3n) is 3.97. The molecular formula is C18H18N4O3S. The summed E-state index contributed by atoms with van der Waals surface area (Å²) in [5, 5.41) is 4.42. The SMILES string of the molecule is Cc1ccccc1C(=O)NCC(=O)N(C)Cc1nc2ccsc2c(=O)[nH]1. The highest BCUT2D eigenvalue weighted by Crippen LogP contribution is 2.14. The minimum atomic E-state index is -0.295. The molecule has 2 amide bonds. The summed E-state index contributed by atoms with van der Waals surface area (Å²) in [6.07, 6.45) is 0. The normalized spacial score (nSPS) is 10.7. The number of hydrogen-bond acceptors (Lipinski definition) is 5. The first-order chi connectivity index (χ1) is 12.5. The van der Waals surface area contributed by atoms with E-state index in [9.17, 15) is 14.4 Å². The Balaban J connectivity index is 1.61. The molecule has 0 radical (unpaired) electrons. The van der Waals surface area contributed by atoms with Crippen LogP contribution >= 0.6 is 11.3 Å². The Morgan fingerprint density at radius 3 is 2.81 bits per heavy atom. The number of nitrogens with zero attached hydrogens (tertiary/aromatic N) is 2. The number of benzene rings is 1. The van der Waals surface area contributed by atoms with Crippen LogP contribution < -0.4 is 10.9 Å². The molecule has 0 unspecified atom stereocenters. The third kappa shape index (κ3) is 3.80. The first kappa shape index (κ1) is 17.8. The zero-order valence-electron chi connectivity index (χ0n) is 14.4. The molecule has 0 fully saturated rings. The standard InChI is InChI=1S/C18H18N4O3S/c1-11-5-3-4-6-12(11)17(24)19-9-15(23)22(2)10-14-20-13-7-8-26-16(13)18(25)21-14/h3-8H,9-10H2,1-2H3,(H,19,24)(H,20,21,25). The van der Waals surface area contributed by atoms with Crippen molar-refractivity contribution in [3.05, 3.63) is 63.0 Å². The molecule has 0 spiro atoms. The van der Waals surface area contributed by atoms with E-state index in [1.54, 1.807) is 30.6 Å². The van der Waals surface area contributed by atoms with Gasteiger partial charge in [-0.1, -0.05) is 18.2 Å². The molecule has 3 rings (SSSR count). The van der Waals surface area contributed by atoms with Gasteiger partial charge in [-0.3, -0.25) is 14.4 Å². The van der Waals surface area contributed by atoms with Crippen molar-refractivity contribution in [1.82, 2.24) is 20.2 Å². The number of nitrogens with one attached hydrogen (secondary N) is 2. The van der Waals surface area contributed by atoms with E-state index in [-0.39, 0.29) is 30.5 Å². The van der Waals surface area contributed by atoms with Crippen LogP contribution in [0.2, 0.25) is 0 Å². The number of aromatic amines is 1. The number of thiophene rings is 1. The Hall–Kier alpha value is -3.00. The number of likely N-dealkylation sites (N-methyl/N-ethyl adjacent to an activating group) is 1. The molecule has 0 atom stereocenters. The Labute approximate surface area is 153 Å². The van der Waals surface area contributed by atoms with Crippen LogP contribution in [0.15, 0.2) is 40.5 Å². The molecule has 26 heavy (non-hydrogen) atoms. The molecule has 7 nitrogen and oxygen atoms in total. The van der Waals surface area contributed by atoms with Crippen LogP contribution in [0.25, 0.3) is 10.2 Å². The minimum absolute atomic E-state index is 0.130. The van der Waals surface area contributed by atoms with Crippen LogP contribution in [0.5, 0.6) is 0 Å². The smallest absolute Gasteiger partial charge is 0.268 e. The van der Waals surface area contributed by atoms with Gasteiger partial charge in [0, 0.05) is 12.6 Å². The van der Waals surface area contributed by atoms with Gasteiger partial charge in [0.2, 0.25) is 5.91 Å². The molecule has 134 valence electrons. The minimum Gasteiger partial charge on any atom is -0.343 e. The highest BCUT2D eigenvalue weighted by atomic mass is 32.1. The third-order valence-corrected chi connectivity index (χ3v) is 4.87. The van der Waals surface area contributed by atoms with Crippen molar-refractivity contribution in [3.8, 4) is 0 Å². The number of rotatable bonds is 5. The predicted octanol–water partition coefficient (Wildman–Crippen LogP) is 1.68. The van der Waals surface area contributed by atoms with E-state index < -0.39 is 0 Å². The van der Waals surface area contributed by atoms with E-state index in [0.29, 0.717) is 21.6 Å². The predicted molar refractivity (Wildman–Crippen MR) is 100 cm³/mol. The second-order valence-electron chi connectivity index (χ2n) is 5.89. The van der Waals surface area contributed by atoms with Crippen LogP contribution in [-0.2, 0) is 11.3 Å². The van der Waals surface area contributed by atoms with E-state index in [0.717, 1.165) is 5.56 Å². The van der Waals surface area contributed by atoms with E-state index >= 15 is 0 Å². The molecule has 0 aliphatic heterocycles. The monoisotopic (exact) mass is 370 g/mol. The molecule has 0 aliphatic rings. The van der Waals surface area contributed by atoms with Crippen molar-refractivity contribution < 1.29 is 9.59 Å². The number of aromatic nitrogens is 2. The van der Waals surface area contributed by atoms with Gasteiger partial charge in [-0.2, -0.15) is 0 Å². The molecule has 2 heterocycles. The average Bonchev–Trinajstić information content (AvgIpc) is 3.08. The van der Waals surface area contributed by atoms with Gasteiger partial charge in [-0.25, -0.2) is 4.98 Å². The maximum atomic E-state index is 12.3. The highest BCUT2D eigenvalue weighted by molar-refractivity contribution is 7.17. The van der Waals surface area contributed by atoms with Crippen molar-refractivity contribution in [2.24, 2.45) is 0 Å². The lowest BCUT2D eigenvalue weighted by molar-refractivity contribution is -0.129. The molecule has 0 saturated heterocycles. The van der Waals surface area contributed by atoms with Crippen molar-refractivity contribution in [3.63, 3.8) is 0 Å². The van der Waals surface area contributed by atoms with Crippen molar-refractivity contribution >= 4 is 33.4 Å². The fourth-order valence-corrected chi connectivity index (χ4v) is 3.25. The second kappa shape index (κ2) is 7.49. The second-order valence-corrected chi connectivity index (χ2v) is 6.81. The molecule has 1 aromatic carbocycles. The van der Waals surface area contributed by atoms with Gasteiger partial charge in [0.1, 0.15) is 10.5 Å². The van der Waals surface area contributed by atoms with Crippen molar-refractivity contribution in [1.29, 1.82) is 0 Å². The van der Waals surface area contributed by atoms with Crippen molar-refractivity contribution in [2.45, 2.75) is 13.5 Å². The van der Waals surface area contributed by atoms with Gasteiger partial charge in [0.15, 0.2) is 0 Å². The van der Waals surface area contributed by atoms with Gasteiger partial charge >= 0.3 is 0 Å². The van der Waals surface area contributed by atoms with Crippen LogP contribution in [0, 0.1) is 6.92 Å². The molecule has 3 aromatic rings. The van der Waals surface area contributed by atoms with Crippen LogP contribution in [0.4, 0.5) is 0 Å². The summed E-state index contributed by atoms with van der Waals surface area (Å²) in [5.41, 5.74) is 1.78. The summed E-state index contributed by atoms with van der Waals surface area (Å²) in [7, 11) is 1.60. The quantitative estimate of drug-likeness (QED) is 0.714. The van der Waals surface area contributed by atoms with E-state index in [4.69, 9.17) is 0 Å². The maximum absolute atomic E-state index is 12.3. The first-order valence-electron chi connectivity index (χ1n) is 8.00. The molecule has 0 saturated carbocycles. The van der Waals surface area contributed by atoms with Crippen LogP contribution in [-0.4, -0.2) is 40.3 Å². The molecule has 8 heteroatoms. The number of aryl methyl sites for hydroxylation is 1. The Kier molecular flexibility index (Phi) is 5.13. The van der Waals surface area contributed by atoms with E-state index in [1.807, 2.05) is 19.1 Å². The van der Waals surface area contributed by atoms with Crippen LogP contribution in [0.1, 0.15) is 21.7 Å². The molecule has 2 aromatic heterocycles. The number of fused-ring (bicyclic) bond motifs is 1. The average molecular weight is 370 g/mol. The Morgan fingerprint density at radius 2 is 2.04 bits per heavy atom. The molecule has 0 bridgehead atoms. The van der Waals surface area contributed by atoms with E-state index in [1.165, 1.54) is 16.2 Å². The fraction of sp³-hybridized carbons (Fsp3) is 0.222. The number of carbonyl (C=O) groups is 2. The summed E-state index contributed by atoms with van der Waals surface area (Å²) in [6, 6.07) is 8.94. The van der Waals surface area contributed by atoms with Gasteiger partial charge in [0.25, 0.3) is 11.5 Å². The summed E-state index contributed by atoms with van der Waals surface area (Å²) < 4.78 is 0.563. The summed E-state index contributed by atoms with van der Waals surface area (Å²) in [4.78, 5) is 44.8. The number of carbonyl (C=O) groups excluding carboxylic acids is 2. The summed E-state index contributed by atoms with van der Waals surface area (Å²) >= 11 is 1.32.